The third-order valence-electron chi connectivity index (χ3n) is 4.44. The fourth-order valence-corrected chi connectivity index (χ4v) is 4.17. The molecular weight excluding hydrogens is 452 g/mol. The summed E-state index contributed by atoms with van der Waals surface area (Å²) in [5.41, 5.74) is 7.70. The van der Waals surface area contributed by atoms with Crippen LogP contribution in [0, 0.1) is 6.92 Å². The molecule has 3 aromatic rings. The number of hydrogen-bond donors (Lipinski definition) is 4. The second kappa shape index (κ2) is 9.71. The van der Waals surface area contributed by atoms with Crippen LogP contribution in [-0.2, 0) is 16.6 Å². The van der Waals surface area contributed by atoms with Crippen LogP contribution in [-0.4, -0.2) is 20.4 Å². The molecule has 10 heteroatoms. The van der Waals surface area contributed by atoms with Gasteiger partial charge >= 0.3 is 6.03 Å². The molecule has 0 aliphatic carbocycles. The molecule has 166 valence electrons. The number of carbonyl (C=O) groups is 2. The zero-order valence-corrected chi connectivity index (χ0v) is 18.6. The Hall–Kier alpha value is -3.56. The number of aryl methyl sites for hydroxylation is 1. The molecule has 0 spiro atoms. The van der Waals surface area contributed by atoms with Crippen LogP contribution >= 0.6 is 11.6 Å². The first-order valence-electron chi connectivity index (χ1n) is 9.47. The number of sulfonamides is 1. The quantitative estimate of drug-likeness (QED) is 0.415. The normalized spacial score (nSPS) is 10.9. The maximum Gasteiger partial charge on any atom is 0.316 e. The van der Waals surface area contributed by atoms with E-state index in [0.29, 0.717) is 11.4 Å². The molecule has 0 unspecified atom stereocenters. The zero-order valence-electron chi connectivity index (χ0n) is 17.1. The Balaban J connectivity index is 1.73. The van der Waals surface area contributed by atoms with E-state index in [0.717, 1.165) is 11.1 Å². The lowest BCUT2D eigenvalue weighted by Gasteiger charge is -2.12. The van der Waals surface area contributed by atoms with Crippen molar-refractivity contribution >= 4 is 44.9 Å². The molecule has 0 radical (unpaired) electrons. The van der Waals surface area contributed by atoms with Gasteiger partial charge in [0.25, 0.3) is 15.9 Å². The summed E-state index contributed by atoms with van der Waals surface area (Å²) in [6.07, 6.45) is 0. The van der Waals surface area contributed by atoms with Gasteiger partial charge in [0.2, 0.25) is 0 Å². The SMILES string of the molecule is Cc1cccc(NS(=O)(=O)c2ccc(Cl)c(C(=O)NCc3ccc(NC(N)=O)cc3)c2)c1. The van der Waals surface area contributed by atoms with E-state index in [2.05, 4.69) is 15.4 Å². The van der Waals surface area contributed by atoms with Gasteiger partial charge in [-0.2, -0.15) is 0 Å². The van der Waals surface area contributed by atoms with Gasteiger partial charge < -0.3 is 16.4 Å². The monoisotopic (exact) mass is 472 g/mol. The largest absolute Gasteiger partial charge is 0.351 e. The molecule has 5 N–H and O–H groups in total. The van der Waals surface area contributed by atoms with Crippen molar-refractivity contribution in [1.29, 1.82) is 0 Å². The van der Waals surface area contributed by atoms with Crippen molar-refractivity contribution in [3.05, 3.63) is 88.4 Å². The summed E-state index contributed by atoms with van der Waals surface area (Å²) in [6, 6.07) is 16.9. The Labute approximate surface area is 190 Å². The second-order valence-electron chi connectivity index (χ2n) is 6.99. The Kier molecular flexibility index (Phi) is 7.01. The molecule has 0 atom stereocenters. The highest BCUT2D eigenvalue weighted by molar-refractivity contribution is 7.92. The van der Waals surface area contributed by atoms with Gasteiger partial charge in [0.15, 0.2) is 0 Å². The lowest BCUT2D eigenvalue weighted by molar-refractivity contribution is 0.0951. The standard InChI is InChI=1S/C22H21ClN4O4S/c1-14-3-2-4-17(11-14)27-32(30,31)18-9-10-20(23)19(12-18)21(28)25-13-15-5-7-16(8-6-15)26-22(24)29/h2-12,27H,13H2,1H3,(H,25,28)(H3,24,26,29). The maximum atomic E-state index is 12.8. The fraction of sp³-hybridized carbons (Fsp3) is 0.0909. The number of carbonyl (C=O) groups excluding carboxylic acids is 2. The highest BCUT2D eigenvalue weighted by atomic mass is 35.5. The number of rotatable bonds is 7. The van der Waals surface area contributed by atoms with E-state index < -0.39 is 22.0 Å². The molecular formula is C22H21ClN4O4S. The number of nitrogens with two attached hydrogens (primary N) is 1. The van der Waals surface area contributed by atoms with Crippen LogP contribution in [0.2, 0.25) is 5.02 Å². The third kappa shape index (κ3) is 5.99. The van der Waals surface area contributed by atoms with Crippen LogP contribution in [0.15, 0.2) is 71.6 Å². The summed E-state index contributed by atoms with van der Waals surface area (Å²) >= 11 is 6.15. The Morgan fingerprint density at radius 2 is 1.69 bits per heavy atom. The molecule has 0 heterocycles. The smallest absolute Gasteiger partial charge is 0.316 e. The molecule has 3 aromatic carbocycles. The van der Waals surface area contributed by atoms with Crippen molar-refractivity contribution in [2.75, 3.05) is 10.0 Å². The van der Waals surface area contributed by atoms with Crippen LogP contribution < -0.4 is 21.1 Å². The van der Waals surface area contributed by atoms with Gasteiger partial charge in [-0.05, 0) is 60.5 Å². The van der Waals surface area contributed by atoms with Gasteiger partial charge in [-0.25, -0.2) is 13.2 Å². The van der Waals surface area contributed by atoms with Gasteiger partial charge in [0.1, 0.15) is 0 Å². The summed E-state index contributed by atoms with van der Waals surface area (Å²) in [7, 11) is -3.92. The van der Waals surface area contributed by atoms with E-state index in [1.807, 2.05) is 13.0 Å². The van der Waals surface area contributed by atoms with Crippen LogP contribution in [0.25, 0.3) is 0 Å². The maximum absolute atomic E-state index is 12.8. The third-order valence-corrected chi connectivity index (χ3v) is 6.15. The predicted octanol–water partition coefficient (Wildman–Crippen LogP) is 3.87. The zero-order chi connectivity index (χ0) is 23.3. The van der Waals surface area contributed by atoms with E-state index in [1.165, 1.54) is 18.2 Å². The molecule has 0 saturated carbocycles. The Morgan fingerprint density at radius 3 is 2.34 bits per heavy atom. The molecule has 8 nitrogen and oxygen atoms in total. The minimum Gasteiger partial charge on any atom is -0.351 e. The van der Waals surface area contributed by atoms with Gasteiger partial charge in [-0.3, -0.25) is 9.52 Å². The van der Waals surface area contributed by atoms with Crippen molar-refractivity contribution < 1.29 is 18.0 Å². The summed E-state index contributed by atoms with van der Waals surface area (Å²) in [4.78, 5) is 23.4. The number of benzene rings is 3. The van der Waals surface area contributed by atoms with Crippen molar-refractivity contribution in [3.8, 4) is 0 Å². The first-order valence-corrected chi connectivity index (χ1v) is 11.3. The number of primary amides is 1. The molecule has 0 aromatic heterocycles. The summed E-state index contributed by atoms with van der Waals surface area (Å²) in [5, 5.41) is 5.27. The number of nitrogens with one attached hydrogen (secondary N) is 3. The van der Waals surface area contributed by atoms with E-state index in [-0.39, 0.29) is 22.0 Å². The lowest BCUT2D eigenvalue weighted by Crippen LogP contribution is -2.24. The molecule has 0 aliphatic rings. The van der Waals surface area contributed by atoms with Crippen molar-refractivity contribution in [2.24, 2.45) is 5.73 Å². The summed E-state index contributed by atoms with van der Waals surface area (Å²) < 4.78 is 28.0. The van der Waals surface area contributed by atoms with E-state index in [9.17, 15) is 18.0 Å². The van der Waals surface area contributed by atoms with Gasteiger partial charge in [0, 0.05) is 17.9 Å². The minimum atomic E-state index is -3.92. The van der Waals surface area contributed by atoms with Crippen molar-refractivity contribution in [2.45, 2.75) is 18.4 Å². The number of halogens is 1. The minimum absolute atomic E-state index is 0.0331. The second-order valence-corrected chi connectivity index (χ2v) is 9.08. The highest BCUT2D eigenvalue weighted by Gasteiger charge is 2.19. The molecule has 0 bridgehead atoms. The number of urea groups is 1. The van der Waals surface area contributed by atoms with Crippen LogP contribution in [0.3, 0.4) is 0 Å². The van der Waals surface area contributed by atoms with E-state index >= 15 is 0 Å². The average molecular weight is 473 g/mol. The number of hydrogen-bond acceptors (Lipinski definition) is 4. The summed E-state index contributed by atoms with van der Waals surface area (Å²) in [5.74, 6) is -0.526. The fourth-order valence-electron chi connectivity index (χ4n) is 2.89. The van der Waals surface area contributed by atoms with Crippen LogP contribution in [0.5, 0.6) is 0 Å². The Bertz CT molecular complexity index is 1260. The molecule has 0 saturated heterocycles. The van der Waals surface area contributed by atoms with Crippen molar-refractivity contribution in [1.82, 2.24) is 5.32 Å². The van der Waals surface area contributed by atoms with Crippen LogP contribution in [0.4, 0.5) is 16.2 Å². The first-order chi connectivity index (χ1) is 15.1. The van der Waals surface area contributed by atoms with Gasteiger partial charge in [-0.15, -0.1) is 0 Å². The highest BCUT2D eigenvalue weighted by Crippen LogP contribution is 2.23. The molecule has 0 aliphatic heterocycles. The topological polar surface area (TPSA) is 130 Å². The van der Waals surface area contributed by atoms with E-state index in [4.69, 9.17) is 17.3 Å². The molecule has 0 fully saturated rings. The number of anilines is 2. The predicted molar refractivity (Wildman–Crippen MR) is 124 cm³/mol. The van der Waals surface area contributed by atoms with E-state index in [1.54, 1.807) is 42.5 Å². The van der Waals surface area contributed by atoms with Gasteiger partial charge in [-0.1, -0.05) is 35.9 Å². The van der Waals surface area contributed by atoms with Gasteiger partial charge in [0.05, 0.1) is 15.5 Å². The lowest BCUT2D eigenvalue weighted by atomic mass is 10.2. The number of amides is 3. The first kappa shape index (κ1) is 23.1. The molecule has 3 amide bonds. The molecule has 32 heavy (non-hydrogen) atoms. The van der Waals surface area contributed by atoms with Crippen molar-refractivity contribution in [3.63, 3.8) is 0 Å². The average Bonchev–Trinajstić information content (AvgIpc) is 2.72. The summed E-state index contributed by atoms with van der Waals surface area (Å²) in [6.45, 7) is 2.02. The van der Waals surface area contributed by atoms with Crippen LogP contribution in [0.1, 0.15) is 21.5 Å². The molecule has 3 rings (SSSR count). The Morgan fingerprint density at radius 1 is 0.969 bits per heavy atom.